The lowest BCUT2D eigenvalue weighted by Crippen LogP contribution is -2.05. The van der Waals surface area contributed by atoms with Gasteiger partial charge in [-0.2, -0.15) is 0 Å². The predicted octanol–water partition coefficient (Wildman–Crippen LogP) is 8.45. The van der Waals surface area contributed by atoms with Crippen molar-refractivity contribution >= 4 is 23.6 Å². The van der Waals surface area contributed by atoms with Gasteiger partial charge in [0.1, 0.15) is 24.7 Å². The summed E-state index contributed by atoms with van der Waals surface area (Å²) < 4.78 is 11.0. The standard InChI is InChI=1S/C28H41ClO4/c1-2-3-4-5-6-7-8-9-10-11-12-13-14-15-27(30)33-22-24-17-19-26-25(28(24)31)18-16-23(20-29)21-32-26/h16-20,31H,2-15,21-22H2,1H3/b23-20+. The van der Waals surface area contributed by atoms with Crippen molar-refractivity contribution in [1.82, 2.24) is 0 Å². The first-order valence-electron chi connectivity index (χ1n) is 12.8. The molecule has 5 heteroatoms. The molecular formula is C28H41ClO4. The van der Waals surface area contributed by atoms with Gasteiger partial charge in [-0.1, -0.05) is 102 Å². The van der Waals surface area contributed by atoms with E-state index in [2.05, 4.69) is 6.92 Å². The van der Waals surface area contributed by atoms with Gasteiger partial charge in [-0.05, 0) is 24.6 Å². The minimum atomic E-state index is -0.216. The number of halogens is 1. The van der Waals surface area contributed by atoms with Crippen molar-refractivity contribution in [2.45, 2.75) is 103 Å². The molecule has 1 N–H and O–H groups in total. The maximum Gasteiger partial charge on any atom is 0.306 e. The number of unbranched alkanes of at least 4 members (excludes halogenated alkanes) is 12. The van der Waals surface area contributed by atoms with Crippen molar-refractivity contribution in [3.63, 3.8) is 0 Å². The van der Waals surface area contributed by atoms with Gasteiger partial charge in [0.2, 0.25) is 0 Å². The smallest absolute Gasteiger partial charge is 0.306 e. The summed E-state index contributed by atoms with van der Waals surface area (Å²) in [6.07, 6.45) is 20.6. The number of carbonyl (C=O) groups excluding carboxylic acids is 1. The molecule has 0 amide bonds. The summed E-state index contributed by atoms with van der Waals surface area (Å²) in [6, 6.07) is 3.52. The zero-order chi connectivity index (χ0) is 23.7. The molecule has 33 heavy (non-hydrogen) atoms. The van der Waals surface area contributed by atoms with Gasteiger partial charge >= 0.3 is 5.97 Å². The molecule has 1 aliphatic rings. The third-order valence-corrected chi connectivity index (χ3v) is 6.41. The summed E-state index contributed by atoms with van der Waals surface area (Å²) in [6.45, 7) is 2.67. The number of hydrogen-bond acceptors (Lipinski definition) is 4. The van der Waals surface area contributed by atoms with Gasteiger partial charge < -0.3 is 14.6 Å². The van der Waals surface area contributed by atoms with E-state index in [0.29, 0.717) is 29.9 Å². The van der Waals surface area contributed by atoms with Crippen LogP contribution in [-0.2, 0) is 16.1 Å². The van der Waals surface area contributed by atoms with E-state index in [1.54, 1.807) is 18.2 Å². The largest absolute Gasteiger partial charge is 0.507 e. The Morgan fingerprint density at radius 2 is 1.58 bits per heavy atom. The number of ether oxygens (including phenoxy) is 2. The van der Waals surface area contributed by atoms with E-state index in [1.165, 1.54) is 76.2 Å². The number of fused-ring (bicyclic) bond motifs is 1. The lowest BCUT2D eigenvalue weighted by Gasteiger charge is -2.12. The number of benzene rings is 1. The fourth-order valence-electron chi connectivity index (χ4n) is 4.02. The molecule has 0 aromatic heterocycles. The molecule has 0 spiro atoms. The van der Waals surface area contributed by atoms with Gasteiger partial charge in [-0.25, -0.2) is 0 Å². The van der Waals surface area contributed by atoms with Crippen molar-refractivity contribution in [3.05, 3.63) is 40.4 Å². The van der Waals surface area contributed by atoms with Gasteiger partial charge in [0.15, 0.2) is 0 Å². The average molecular weight is 477 g/mol. The van der Waals surface area contributed by atoms with E-state index >= 15 is 0 Å². The summed E-state index contributed by atoms with van der Waals surface area (Å²) in [7, 11) is 0. The first-order valence-corrected chi connectivity index (χ1v) is 13.2. The molecule has 1 aliphatic heterocycles. The lowest BCUT2D eigenvalue weighted by molar-refractivity contribution is -0.145. The van der Waals surface area contributed by atoms with Crippen molar-refractivity contribution in [1.29, 1.82) is 0 Å². The first-order chi connectivity index (χ1) is 16.2. The third-order valence-electron chi connectivity index (χ3n) is 6.13. The van der Waals surface area contributed by atoms with E-state index in [-0.39, 0.29) is 18.3 Å². The molecule has 0 fully saturated rings. The second-order valence-electron chi connectivity index (χ2n) is 8.94. The number of rotatable bonds is 16. The normalized spacial score (nSPS) is 14.1. The molecule has 0 atom stereocenters. The van der Waals surface area contributed by atoms with Crippen molar-refractivity contribution in [3.8, 4) is 11.5 Å². The van der Waals surface area contributed by atoms with Crippen LogP contribution in [0.4, 0.5) is 0 Å². The molecule has 184 valence electrons. The van der Waals surface area contributed by atoms with Crippen LogP contribution in [0.5, 0.6) is 11.5 Å². The van der Waals surface area contributed by atoms with Gasteiger partial charge in [0, 0.05) is 23.1 Å². The highest BCUT2D eigenvalue weighted by molar-refractivity contribution is 6.25. The Morgan fingerprint density at radius 3 is 2.18 bits per heavy atom. The second kappa shape index (κ2) is 16.6. The Labute approximate surface area is 205 Å². The van der Waals surface area contributed by atoms with Gasteiger partial charge in [0.05, 0.1) is 5.56 Å². The molecule has 2 rings (SSSR count). The molecule has 0 bridgehead atoms. The zero-order valence-corrected chi connectivity index (χ0v) is 21.0. The van der Waals surface area contributed by atoms with Crippen LogP contribution < -0.4 is 4.74 Å². The van der Waals surface area contributed by atoms with Crippen LogP contribution in [0.15, 0.2) is 29.3 Å². The monoisotopic (exact) mass is 476 g/mol. The highest BCUT2D eigenvalue weighted by atomic mass is 35.5. The number of carbonyl (C=O) groups is 1. The minimum Gasteiger partial charge on any atom is -0.507 e. The van der Waals surface area contributed by atoms with Crippen LogP contribution in [0.1, 0.15) is 108 Å². The number of esters is 1. The van der Waals surface area contributed by atoms with E-state index in [0.717, 1.165) is 18.4 Å². The van der Waals surface area contributed by atoms with E-state index in [1.807, 2.05) is 6.08 Å². The van der Waals surface area contributed by atoms with Crippen LogP contribution >= 0.6 is 11.6 Å². The summed E-state index contributed by atoms with van der Waals surface area (Å²) in [4.78, 5) is 12.1. The topological polar surface area (TPSA) is 55.8 Å². The highest BCUT2D eigenvalue weighted by Crippen LogP contribution is 2.35. The molecule has 0 saturated heterocycles. The average Bonchev–Trinajstić information content (AvgIpc) is 3.04. The van der Waals surface area contributed by atoms with Crippen molar-refractivity contribution in [2.24, 2.45) is 0 Å². The van der Waals surface area contributed by atoms with Crippen molar-refractivity contribution in [2.75, 3.05) is 6.61 Å². The lowest BCUT2D eigenvalue weighted by atomic mass is 10.0. The third kappa shape index (κ3) is 10.7. The number of hydrogen-bond donors (Lipinski definition) is 1. The fourth-order valence-corrected chi connectivity index (χ4v) is 4.16. The fraction of sp³-hybridized carbons (Fsp3) is 0.607. The summed E-state index contributed by atoms with van der Waals surface area (Å²) >= 11 is 5.75. The molecule has 0 aliphatic carbocycles. The number of phenolic OH excluding ortho intramolecular Hbond substituents is 1. The predicted molar refractivity (Wildman–Crippen MR) is 137 cm³/mol. The first kappa shape index (κ1) is 27.3. The van der Waals surface area contributed by atoms with Crippen LogP contribution in [0.3, 0.4) is 0 Å². The van der Waals surface area contributed by atoms with Gasteiger partial charge in [-0.3, -0.25) is 4.79 Å². The van der Waals surface area contributed by atoms with E-state index < -0.39 is 0 Å². The molecule has 0 saturated carbocycles. The molecule has 0 unspecified atom stereocenters. The summed E-state index contributed by atoms with van der Waals surface area (Å²) in [5, 5.41) is 10.6. The molecule has 1 aromatic rings. The Hall–Kier alpha value is -1.94. The summed E-state index contributed by atoms with van der Waals surface area (Å²) in [5.41, 5.74) is 3.42. The quantitative estimate of drug-likeness (QED) is 0.192. The van der Waals surface area contributed by atoms with Gasteiger partial charge in [-0.15, -0.1) is 0 Å². The minimum absolute atomic E-state index is 0.0580. The maximum atomic E-state index is 12.1. The van der Waals surface area contributed by atoms with E-state index in [4.69, 9.17) is 21.1 Å². The molecular weight excluding hydrogens is 436 g/mol. The molecule has 1 heterocycles. The van der Waals surface area contributed by atoms with Gasteiger partial charge in [0.25, 0.3) is 0 Å². The Balaban J connectivity index is 1.54. The Kier molecular flexibility index (Phi) is 13.8. The maximum absolute atomic E-state index is 12.1. The highest BCUT2D eigenvalue weighted by Gasteiger charge is 2.15. The number of aromatic hydroxyl groups is 1. The SMILES string of the molecule is CCCCCCCCCCCCCCCC(=O)OCc1ccc2c(c1O)C=C/C(=C\Cl)CO2. The van der Waals surface area contributed by atoms with Crippen LogP contribution in [0.25, 0.3) is 6.08 Å². The zero-order valence-electron chi connectivity index (χ0n) is 20.3. The van der Waals surface area contributed by atoms with Crippen LogP contribution in [0, 0.1) is 0 Å². The Morgan fingerprint density at radius 1 is 0.970 bits per heavy atom. The van der Waals surface area contributed by atoms with Crippen molar-refractivity contribution < 1.29 is 19.4 Å². The molecule has 0 radical (unpaired) electrons. The Bertz CT molecular complexity index is 769. The van der Waals surface area contributed by atoms with Crippen LogP contribution in [-0.4, -0.2) is 17.7 Å². The number of phenols is 1. The summed E-state index contributed by atoms with van der Waals surface area (Å²) in [5.74, 6) is 0.444. The molecule has 4 nitrogen and oxygen atoms in total. The van der Waals surface area contributed by atoms with Crippen LogP contribution in [0.2, 0.25) is 0 Å². The second-order valence-corrected chi connectivity index (χ2v) is 9.16. The van der Waals surface area contributed by atoms with E-state index in [9.17, 15) is 9.90 Å². The molecule has 1 aromatic carbocycles.